The maximum atomic E-state index is 12.2. The number of H-pyrrole nitrogens is 1. The number of anilines is 1. The fourth-order valence-corrected chi connectivity index (χ4v) is 3.68. The van der Waals surface area contributed by atoms with E-state index in [-0.39, 0.29) is 27.5 Å². The molecule has 3 rings (SSSR count). The molecule has 176 valence electrons. The minimum absolute atomic E-state index is 0.0870. The number of nitrogens with two attached hydrogens (primary N) is 1. The molecule has 0 saturated heterocycles. The third-order valence-corrected chi connectivity index (χ3v) is 5.11. The molecule has 4 N–H and O–H groups in total. The van der Waals surface area contributed by atoms with Crippen molar-refractivity contribution in [3.63, 3.8) is 0 Å². The molecule has 0 aliphatic rings. The van der Waals surface area contributed by atoms with E-state index in [0.29, 0.717) is 11.4 Å². The van der Waals surface area contributed by atoms with Crippen LogP contribution in [0.2, 0.25) is 10.0 Å². The zero-order valence-electron chi connectivity index (χ0n) is 18.6. The summed E-state index contributed by atoms with van der Waals surface area (Å²) < 4.78 is 6.78. The third-order valence-electron chi connectivity index (χ3n) is 4.55. The minimum Gasteiger partial charge on any atom is -0.454 e. The highest BCUT2D eigenvalue weighted by atomic mass is 35.5. The standard InChI is InChI=1S/C23H22Cl2N6O3/c1-4-5-19(28-12(2)3)15-10-14(6-7-18(15)27)34-21-16(24)8-13(9-17(21)25)31-23(33)29-22(32)20(11-26)30-31/h5-10,12,28H,4,27H2,1-3H3,(H,29,32,33)/b19-5-. The topological polar surface area (TPSA) is 139 Å². The van der Waals surface area contributed by atoms with Crippen molar-refractivity contribution in [2.45, 2.75) is 33.2 Å². The fourth-order valence-electron chi connectivity index (χ4n) is 3.13. The molecular formula is C23H22Cl2N6O3. The van der Waals surface area contributed by atoms with Gasteiger partial charge in [-0.3, -0.25) is 9.78 Å². The van der Waals surface area contributed by atoms with Crippen LogP contribution in [0.15, 0.2) is 46.0 Å². The Kier molecular flexibility index (Phi) is 7.66. The number of aromatic amines is 1. The molecule has 34 heavy (non-hydrogen) atoms. The van der Waals surface area contributed by atoms with Crippen molar-refractivity contribution in [1.82, 2.24) is 20.1 Å². The highest BCUT2D eigenvalue weighted by Crippen LogP contribution is 2.39. The number of allylic oxidation sites excluding steroid dienone is 1. The summed E-state index contributed by atoms with van der Waals surface area (Å²) in [6.07, 6.45) is 2.85. The van der Waals surface area contributed by atoms with Gasteiger partial charge in [-0.25, -0.2) is 4.79 Å². The van der Waals surface area contributed by atoms with Gasteiger partial charge in [0.15, 0.2) is 5.75 Å². The van der Waals surface area contributed by atoms with Crippen LogP contribution in [-0.4, -0.2) is 20.8 Å². The molecule has 0 unspecified atom stereocenters. The predicted molar refractivity (Wildman–Crippen MR) is 133 cm³/mol. The van der Waals surface area contributed by atoms with Crippen molar-refractivity contribution >= 4 is 34.6 Å². The van der Waals surface area contributed by atoms with E-state index in [1.54, 1.807) is 24.3 Å². The van der Waals surface area contributed by atoms with Crippen LogP contribution in [0.5, 0.6) is 11.5 Å². The van der Waals surface area contributed by atoms with Crippen molar-refractivity contribution in [1.29, 1.82) is 5.26 Å². The Morgan fingerprint density at radius 3 is 2.56 bits per heavy atom. The summed E-state index contributed by atoms with van der Waals surface area (Å²) in [4.78, 5) is 25.8. The number of hydrogen-bond acceptors (Lipinski definition) is 7. The molecule has 1 aromatic heterocycles. The van der Waals surface area contributed by atoms with Crippen LogP contribution in [0, 0.1) is 11.3 Å². The number of nitriles is 1. The molecule has 0 bridgehead atoms. The van der Waals surface area contributed by atoms with Crippen LogP contribution < -0.4 is 27.0 Å². The average Bonchev–Trinajstić information content (AvgIpc) is 2.76. The van der Waals surface area contributed by atoms with Gasteiger partial charge in [0.1, 0.15) is 11.8 Å². The van der Waals surface area contributed by atoms with Gasteiger partial charge in [-0.1, -0.05) is 36.2 Å². The largest absolute Gasteiger partial charge is 0.454 e. The first kappa shape index (κ1) is 24.9. The van der Waals surface area contributed by atoms with Gasteiger partial charge in [0.25, 0.3) is 5.56 Å². The summed E-state index contributed by atoms with van der Waals surface area (Å²) >= 11 is 12.8. The second kappa shape index (κ2) is 10.5. The maximum Gasteiger partial charge on any atom is 0.349 e. The number of nitrogens with zero attached hydrogens (tertiary/aromatic N) is 3. The third kappa shape index (κ3) is 5.42. The smallest absolute Gasteiger partial charge is 0.349 e. The Morgan fingerprint density at radius 1 is 1.29 bits per heavy atom. The van der Waals surface area contributed by atoms with E-state index in [0.717, 1.165) is 22.4 Å². The van der Waals surface area contributed by atoms with E-state index in [4.69, 9.17) is 38.9 Å². The van der Waals surface area contributed by atoms with E-state index >= 15 is 0 Å². The normalized spacial score (nSPS) is 11.4. The quantitative estimate of drug-likeness (QED) is 0.412. The van der Waals surface area contributed by atoms with Crippen molar-refractivity contribution in [2.75, 3.05) is 5.73 Å². The van der Waals surface area contributed by atoms with Gasteiger partial charge in [-0.2, -0.15) is 9.94 Å². The van der Waals surface area contributed by atoms with Gasteiger partial charge in [0.05, 0.1) is 15.7 Å². The van der Waals surface area contributed by atoms with E-state index in [9.17, 15) is 9.59 Å². The van der Waals surface area contributed by atoms with E-state index in [1.807, 2.05) is 31.8 Å². The number of rotatable bonds is 7. The van der Waals surface area contributed by atoms with Crippen LogP contribution in [0.3, 0.4) is 0 Å². The van der Waals surface area contributed by atoms with Crippen molar-refractivity contribution in [2.24, 2.45) is 0 Å². The lowest BCUT2D eigenvalue weighted by atomic mass is 10.1. The molecule has 0 amide bonds. The van der Waals surface area contributed by atoms with Gasteiger partial charge in [0.2, 0.25) is 5.69 Å². The lowest BCUT2D eigenvalue weighted by Gasteiger charge is -2.18. The predicted octanol–water partition coefficient (Wildman–Crippen LogP) is 4.22. The van der Waals surface area contributed by atoms with Gasteiger partial charge < -0.3 is 15.8 Å². The zero-order valence-corrected chi connectivity index (χ0v) is 20.2. The Bertz CT molecular complexity index is 1400. The fraction of sp³-hybridized carbons (Fsp3) is 0.217. The molecule has 0 radical (unpaired) electrons. The van der Waals surface area contributed by atoms with Crippen LogP contribution >= 0.6 is 23.2 Å². The maximum absolute atomic E-state index is 12.2. The molecule has 0 aliphatic heterocycles. The summed E-state index contributed by atoms with van der Waals surface area (Å²) in [7, 11) is 0. The second-order valence-corrected chi connectivity index (χ2v) is 8.36. The molecule has 0 fully saturated rings. The number of ether oxygens (including phenoxy) is 1. The number of hydrogen-bond donors (Lipinski definition) is 3. The number of nitrogens with one attached hydrogen (secondary N) is 2. The zero-order chi connectivity index (χ0) is 25.0. The van der Waals surface area contributed by atoms with E-state index < -0.39 is 16.9 Å². The Hall–Kier alpha value is -3.74. The number of benzene rings is 2. The lowest BCUT2D eigenvalue weighted by Crippen LogP contribution is -2.33. The van der Waals surface area contributed by atoms with Gasteiger partial charge in [-0.05, 0) is 50.6 Å². The molecular weight excluding hydrogens is 479 g/mol. The molecule has 0 spiro atoms. The van der Waals surface area contributed by atoms with Crippen molar-refractivity contribution in [3.8, 4) is 23.3 Å². The van der Waals surface area contributed by atoms with E-state index in [1.165, 1.54) is 12.1 Å². The van der Waals surface area contributed by atoms with Crippen LogP contribution in [0.25, 0.3) is 11.4 Å². The monoisotopic (exact) mass is 500 g/mol. The lowest BCUT2D eigenvalue weighted by molar-refractivity contribution is 0.483. The number of aromatic nitrogens is 3. The molecule has 11 heteroatoms. The van der Waals surface area contributed by atoms with Gasteiger partial charge in [0, 0.05) is 23.0 Å². The van der Waals surface area contributed by atoms with Crippen LogP contribution in [0.4, 0.5) is 5.69 Å². The van der Waals surface area contributed by atoms with Crippen LogP contribution in [-0.2, 0) is 0 Å². The molecule has 2 aromatic carbocycles. The number of nitrogen functional groups attached to an aromatic ring is 1. The molecule has 9 nitrogen and oxygen atoms in total. The van der Waals surface area contributed by atoms with E-state index in [2.05, 4.69) is 10.4 Å². The first-order chi connectivity index (χ1) is 16.1. The molecule has 1 heterocycles. The minimum atomic E-state index is -0.886. The summed E-state index contributed by atoms with van der Waals surface area (Å²) in [6.45, 7) is 6.09. The van der Waals surface area contributed by atoms with Gasteiger partial charge >= 0.3 is 5.69 Å². The summed E-state index contributed by atoms with van der Waals surface area (Å²) in [5.41, 5.74) is 6.36. The SMILES string of the molecule is CC/C=C(\NC(C)C)c1cc(Oc2c(Cl)cc(-n3nc(C#N)c(=O)[nH]c3=O)cc2Cl)ccc1N. The molecule has 0 saturated carbocycles. The molecule has 3 aromatic rings. The number of halogens is 2. The highest BCUT2D eigenvalue weighted by Gasteiger charge is 2.16. The Balaban J connectivity index is 2.01. The van der Waals surface area contributed by atoms with Crippen molar-refractivity contribution < 1.29 is 4.74 Å². The second-order valence-electron chi connectivity index (χ2n) is 7.55. The van der Waals surface area contributed by atoms with Gasteiger partial charge in [-0.15, -0.1) is 5.10 Å². The first-order valence-electron chi connectivity index (χ1n) is 10.3. The summed E-state index contributed by atoms with van der Waals surface area (Å²) in [6, 6.07) is 9.78. The summed E-state index contributed by atoms with van der Waals surface area (Å²) in [5, 5.41) is 16.3. The average molecular weight is 501 g/mol. The molecule has 0 atom stereocenters. The molecule has 0 aliphatic carbocycles. The summed E-state index contributed by atoms with van der Waals surface area (Å²) in [5.74, 6) is 0.595. The first-order valence-corrected chi connectivity index (χ1v) is 11.1. The van der Waals surface area contributed by atoms with Crippen molar-refractivity contribution in [3.05, 3.63) is 78.5 Å². The Labute approximate surface area is 205 Å². The highest BCUT2D eigenvalue weighted by molar-refractivity contribution is 6.37. The Morgan fingerprint density at radius 2 is 1.97 bits per heavy atom. The van der Waals surface area contributed by atoms with Crippen LogP contribution in [0.1, 0.15) is 38.4 Å².